The Bertz CT molecular complexity index is 1180. The summed E-state index contributed by atoms with van der Waals surface area (Å²) in [6.07, 6.45) is 0.342. The Balaban J connectivity index is 0.000000255. The van der Waals surface area contributed by atoms with Gasteiger partial charge in [0.1, 0.15) is 0 Å². The predicted molar refractivity (Wildman–Crippen MR) is 151 cm³/mol. The highest BCUT2D eigenvalue weighted by Crippen LogP contribution is 2.30. The number of ketones is 1. The van der Waals surface area contributed by atoms with Gasteiger partial charge in [-0.25, -0.2) is 0 Å². The molecule has 3 N–H and O–H groups in total. The van der Waals surface area contributed by atoms with Crippen molar-refractivity contribution in [2.75, 3.05) is 36.1 Å². The van der Waals surface area contributed by atoms with Gasteiger partial charge in [0.15, 0.2) is 5.78 Å². The number of carbonyl (C=O) groups excluding carboxylic acids is 3. The first-order valence-corrected chi connectivity index (χ1v) is 12.8. The minimum absolute atomic E-state index is 0.0213. The van der Waals surface area contributed by atoms with E-state index in [0.717, 1.165) is 17.9 Å². The molecule has 7 nitrogen and oxygen atoms in total. The lowest BCUT2D eigenvalue weighted by Gasteiger charge is -2.23. The number of hydrogen-bond donors (Lipinski definition) is 2. The van der Waals surface area contributed by atoms with E-state index in [2.05, 4.69) is 46.8 Å². The number of nitrogens with one attached hydrogen (secondary N) is 1. The number of carbonyl (C=O) groups is 3. The van der Waals surface area contributed by atoms with Gasteiger partial charge < -0.3 is 20.7 Å². The van der Waals surface area contributed by atoms with Gasteiger partial charge in [0.25, 0.3) is 0 Å². The van der Waals surface area contributed by atoms with Crippen molar-refractivity contribution in [3.8, 4) is 0 Å². The maximum Gasteiger partial charge on any atom is 0.307 e. The SMILES string of the molecule is CCN(CCC(=O)OC)c1cccc(NC(C)=O)c1.Nc1c(Br)cc(C(=O)c2ccccc2)cc1Br. The smallest absolute Gasteiger partial charge is 0.307 e. The number of methoxy groups -OCH3 is 1. The van der Waals surface area contributed by atoms with Gasteiger partial charge in [-0.1, -0.05) is 36.4 Å². The molecular weight excluding hydrogens is 590 g/mol. The van der Waals surface area contributed by atoms with Gasteiger partial charge >= 0.3 is 5.97 Å². The van der Waals surface area contributed by atoms with Gasteiger partial charge in [-0.05, 0) is 69.1 Å². The van der Waals surface area contributed by atoms with Crippen LogP contribution in [-0.4, -0.2) is 37.9 Å². The molecule has 0 saturated carbocycles. The summed E-state index contributed by atoms with van der Waals surface area (Å²) in [5.41, 5.74) is 9.36. The van der Waals surface area contributed by atoms with Crippen molar-refractivity contribution in [3.63, 3.8) is 0 Å². The van der Waals surface area contributed by atoms with Crippen molar-refractivity contribution < 1.29 is 19.1 Å². The first-order valence-electron chi connectivity index (χ1n) is 11.2. The molecule has 0 atom stereocenters. The maximum atomic E-state index is 12.2. The van der Waals surface area contributed by atoms with Crippen LogP contribution in [0.5, 0.6) is 0 Å². The number of esters is 1. The summed E-state index contributed by atoms with van der Waals surface area (Å²) in [5, 5.41) is 2.74. The van der Waals surface area contributed by atoms with E-state index in [1.54, 1.807) is 24.3 Å². The molecule has 0 unspecified atom stereocenters. The van der Waals surface area contributed by atoms with Crippen molar-refractivity contribution in [2.45, 2.75) is 20.3 Å². The molecule has 0 fully saturated rings. The number of nitrogen functional groups attached to an aromatic ring is 1. The number of anilines is 3. The van der Waals surface area contributed by atoms with Gasteiger partial charge in [-0.15, -0.1) is 0 Å². The molecule has 0 aliphatic rings. The summed E-state index contributed by atoms with van der Waals surface area (Å²) in [6.45, 7) is 4.86. The topological polar surface area (TPSA) is 102 Å². The first kappa shape index (κ1) is 29.1. The van der Waals surface area contributed by atoms with Crippen LogP contribution < -0.4 is 16.0 Å². The lowest BCUT2D eigenvalue weighted by molar-refractivity contribution is -0.140. The third kappa shape index (κ3) is 8.80. The molecule has 0 aromatic heterocycles. The van der Waals surface area contributed by atoms with E-state index in [-0.39, 0.29) is 17.7 Å². The summed E-state index contributed by atoms with van der Waals surface area (Å²) in [5.74, 6) is -0.349. The quantitative estimate of drug-likeness (QED) is 0.181. The second-order valence-electron chi connectivity index (χ2n) is 7.69. The van der Waals surface area contributed by atoms with Gasteiger partial charge in [0.05, 0.1) is 19.2 Å². The zero-order chi connectivity index (χ0) is 26.7. The summed E-state index contributed by atoms with van der Waals surface area (Å²) in [4.78, 5) is 36.4. The minimum Gasteiger partial charge on any atom is -0.469 e. The molecule has 1 amide bonds. The number of hydrogen-bond acceptors (Lipinski definition) is 6. The van der Waals surface area contributed by atoms with Crippen LogP contribution in [0, 0.1) is 0 Å². The highest BCUT2D eigenvalue weighted by molar-refractivity contribution is 9.11. The number of halogens is 2. The summed E-state index contributed by atoms with van der Waals surface area (Å²) in [7, 11) is 1.38. The number of nitrogens with zero attached hydrogens (tertiary/aromatic N) is 1. The second-order valence-corrected chi connectivity index (χ2v) is 9.39. The number of ether oxygens (including phenoxy) is 1. The lowest BCUT2D eigenvalue weighted by atomic mass is 10.0. The molecule has 9 heteroatoms. The Morgan fingerprint density at radius 3 is 2.14 bits per heavy atom. The number of amides is 1. The Labute approximate surface area is 228 Å². The molecule has 0 heterocycles. The highest BCUT2D eigenvalue weighted by Gasteiger charge is 2.12. The van der Waals surface area contributed by atoms with Crippen LogP contribution in [0.4, 0.5) is 17.1 Å². The van der Waals surface area contributed by atoms with Crippen LogP contribution in [-0.2, 0) is 14.3 Å². The Hall–Kier alpha value is -3.17. The Morgan fingerprint density at radius 2 is 1.58 bits per heavy atom. The third-order valence-electron chi connectivity index (χ3n) is 5.10. The Morgan fingerprint density at radius 1 is 0.944 bits per heavy atom. The van der Waals surface area contributed by atoms with E-state index in [0.29, 0.717) is 38.7 Å². The largest absolute Gasteiger partial charge is 0.469 e. The van der Waals surface area contributed by atoms with Crippen molar-refractivity contribution in [1.29, 1.82) is 0 Å². The summed E-state index contributed by atoms with van der Waals surface area (Å²) < 4.78 is 6.06. The van der Waals surface area contributed by atoms with E-state index in [9.17, 15) is 14.4 Å². The van der Waals surface area contributed by atoms with E-state index >= 15 is 0 Å². The predicted octanol–water partition coefficient (Wildman–Crippen LogP) is 6.06. The average Bonchev–Trinajstić information content (AvgIpc) is 2.87. The summed E-state index contributed by atoms with van der Waals surface area (Å²) in [6, 6.07) is 20.2. The van der Waals surface area contributed by atoms with Crippen LogP contribution in [0.2, 0.25) is 0 Å². The van der Waals surface area contributed by atoms with Crippen LogP contribution in [0.25, 0.3) is 0 Å². The zero-order valence-electron chi connectivity index (χ0n) is 20.4. The fourth-order valence-electron chi connectivity index (χ4n) is 3.25. The number of benzene rings is 3. The van der Waals surface area contributed by atoms with Crippen molar-refractivity contribution in [2.24, 2.45) is 0 Å². The normalized spacial score (nSPS) is 10.0. The second kappa shape index (κ2) is 14.4. The molecular formula is C27H29Br2N3O4. The molecule has 0 saturated heterocycles. The van der Waals surface area contributed by atoms with Crippen LogP contribution in [0.3, 0.4) is 0 Å². The fraction of sp³-hybridized carbons (Fsp3) is 0.222. The van der Waals surface area contributed by atoms with E-state index in [4.69, 9.17) is 5.73 Å². The molecule has 190 valence electrons. The molecule has 0 aliphatic heterocycles. The van der Waals surface area contributed by atoms with Gasteiger partial charge in [-0.2, -0.15) is 0 Å². The minimum atomic E-state index is -0.225. The average molecular weight is 619 g/mol. The number of nitrogens with two attached hydrogens (primary N) is 1. The van der Waals surface area contributed by atoms with Crippen molar-refractivity contribution in [1.82, 2.24) is 0 Å². The van der Waals surface area contributed by atoms with Crippen LogP contribution in [0.15, 0.2) is 75.7 Å². The van der Waals surface area contributed by atoms with E-state index < -0.39 is 0 Å². The monoisotopic (exact) mass is 617 g/mol. The zero-order valence-corrected chi connectivity index (χ0v) is 23.6. The molecule has 0 spiro atoms. The van der Waals surface area contributed by atoms with Gasteiger partial charge in [-0.3, -0.25) is 14.4 Å². The van der Waals surface area contributed by atoms with Gasteiger partial charge in [0.2, 0.25) is 5.91 Å². The lowest BCUT2D eigenvalue weighted by Crippen LogP contribution is -2.26. The highest BCUT2D eigenvalue weighted by atomic mass is 79.9. The molecule has 0 radical (unpaired) electrons. The van der Waals surface area contributed by atoms with E-state index in [1.807, 2.05) is 49.4 Å². The number of rotatable bonds is 8. The van der Waals surface area contributed by atoms with E-state index in [1.165, 1.54) is 14.0 Å². The summed E-state index contributed by atoms with van der Waals surface area (Å²) >= 11 is 6.66. The van der Waals surface area contributed by atoms with Crippen molar-refractivity contribution >= 4 is 66.6 Å². The molecule has 3 aromatic rings. The first-order chi connectivity index (χ1) is 17.2. The molecule has 3 rings (SSSR count). The van der Waals surface area contributed by atoms with Crippen LogP contribution in [0.1, 0.15) is 36.2 Å². The molecule has 0 bridgehead atoms. The molecule has 0 aliphatic carbocycles. The molecule has 3 aromatic carbocycles. The maximum absolute atomic E-state index is 12.2. The third-order valence-corrected chi connectivity index (χ3v) is 6.42. The Kier molecular flexibility index (Phi) is 11.6. The standard InChI is InChI=1S/C14H20N2O3.C13H9Br2NO/c1-4-16(9-8-14(18)19-3)13-7-5-6-12(10-13)15-11(2)17;14-10-6-9(7-11(15)12(10)16)13(17)8-4-2-1-3-5-8/h5-7,10H,4,8-9H2,1-3H3,(H,15,17);1-7H,16H2. The fourth-order valence-corrected chi connectivity index (χ4v) is 4.44. The van der Waals surface area contributed by atoms with Crippen molar-refractivity contribution in [3.05, 3.63) is 86.8 Å². The van der Waals surface area contributed by atoms with Gasteiger partial charge in [0, 0.05) is 51.5 Å². The van der Waals surface area contributed by atoms with Crippen LogP contribution >= 0.6 is 31.9 Å². The molecule has 36 heavy (non-hydrogen) atoms.